The second kappa shape index (κ2) is 5.35. The Morgan fingerprint density at radius 3 is 2.65 bits per heavy atom. The third kappa shape index (κ3) is 3.24. The Hall–Kier alpha value is -1.71. The molecule has 20 heavy (non-hydrogen) atoms. The van der Waals surface area contributed by atoms with Crippen LogP contribution in [0.5, 0.6) is 0 Å². The second-order valence-corrected chi connectivity index (χ2v) is 6.69. The zero-order chi connectivity index (χ0) is 14.9. The van der Waals surface area contributed by atoms with Gasteiger partial charge in [-0.25, -0.2) is 27.9 Å². The molecule has 0 spiro atoms. The third-order valence-electron chi connectivity index (χ3n) is 2.15. The Bertz CT molecular complexity index is 752. The number of sulfonamides is 1. The molecule has 2 rings (SSSR count). The van der Waals surface area contributed by atoms with E-state index in [0.717, 1.165) is 17.4 Å². The van der Waals surface area contributed by atoms with Crippen LogP contribution in [-0.2, 0) is 10.0 Å². The largest absolute Gasteiger partial charge is 0.477 e. The van der Waals surface area contributed by atoms with Crippen LogP contribution in [0.2, 0.25) is 5.15 Å². The molecule has 0 aliphatic carbocycles. The van der Waals surface area contributed by atoms with Crippen molar-refractivity contribution < 1.29 is 18.3 Å². The first kappa shape index (κ1) is 14.7. The summed E-state index contributed by atoms with van der Waals surface area (Å²) >= 11 is 6.52. The van der Waals surface area contributed by atoms with E-state index in [4.69, 9.17) is 16.7 Å². The molecule has 0 aliphatic heterocycles. The molecule has 2 N–H and O–H groups in total. The molecule has 2 aromatic rings. The average Bonchev–Trinajstić information content (AvgIpc) is 2.76. The van der Waals surface area contributed by atoms with Crippen LogP contribution < -0.4 is 4.72 Å². The van der Waals surface area contributed by atoms with Gasteiger partial charge in [0.1, 0.15) is 10.0 Å². The topological polar surface area (TPSA) is 109 Å². The molecule has 0 unspecified atom stereocenters. The van der Waals surface area contributed by atoms with Crippen molar-refractivity contribution in [2.45, 2.75) is 11.8 Å². The number of aromatic nitrogens is 2. The average molecular weight is 334 g/mol. The summed E-state index contributed by atoms with van der Waals surface area (Å²) in [6.45, 7) is 1.64. The number of carbonyl (C=O) groups is 1. The fourth-order valence-corrected chi connectivity index (χ4v) is 3.62. The third-order valence-corrected chi connectivity index (χ3v) is 4.71. The highest BCUT2D eigenvalue weighted by molar-refractivity contribution is 7.92. The van der Waals surface area contributed by atoms with Crippen molar-refractivity contribution in [2.24, 2.45) is 0 Å². The molecule has 10 heteroatoms. The molecule has 0 aromatic carbocycles. The Morgan fingerprint density at radius 2 is 2.10 bits per heavy atom. The van der Waals surface area contributed by atoms with Crippen molar-refractivity contribution in [2.75, 3.05) is 4.72 Å². The van der Waals surface area contributed by atoms with E-state index in [1.807, 2.05) is 0 Å². The first-order chi connectivity index (χ1) is 9.28. The zero-order valence-corrected chi connectivity index (χ0v) is 12.4. The molecule has 0 amide bonds. The van der Waals surface area contributed by atoms with Gasteiger partial charge in [0.2, 0.25) is 5.95 Å². The van der Waals surface area contributed by atoms with Gasteiger partial charge < -0.3 is 5.11 Å². The van der Waals surface area contributed by atoms with Crippen LogP contribution >= 0.6 is 22.9 Å². The number of carboxylic acids is 1. The van der Waals surface area contributed by atoms with Crippen LogP contribution in [0, 0.1) is 6.92 Å². The molecule has 106 valence electrons. The number of nitrogens with one attached hydrogen (secondary N) is 1. The molecule has 0 atom stereocenters. The van der Waals surface area contributed by atoms with Gasteiger partial charge in [-0.15, -0.1) is 11.3 Å². The number of thiophene rings is 1. The van der Waals surface area contributed by atoms with E-state index in [0.29, 0.717) is 5.69 Å². The smallest absolute Gasteiger partial charge is 0.345 e. The van der Waals surface area contributed by atoms with Crippen LogP contribution in [0.25, 0.3) is 0 Å². The molecular formula is C10H8ClN3O4S2. The Balaban J connectivity index is 2.32. The number of nitrogens with zero attached hydrogens (tertiary/aromatic N) is 2. The summed E-state index contributed by atoms with van der Waals surface area (Å²) in [7, 11) is -3.95. The van der Waals surface area contributed by atoms with Gasteiger partial charge in [0.25, 0.3) is 10.0 Å². The number of aromatic carboxylic acids is 1. The number of halogens is 1. The predicted octanol–water partition coefficient (Wildman–Crippen LogP) is 2.00. The van der Waals surface area contributed by atoms with Crippen LogP contribution in [0.4, 0.5) is 5.95 Å². The minimum atomic E-state index is -3.95. The van der Waals surface area contributed by atoms with E-state index in [2.05, 4.69) is 14.7 Å². The molecule has 0 saturated carbocycles. The predicted molar refractivity (Wildman–Crippen MR) is 73.9 cm³/mol. The number of anilines is 1. The summed E-state index contributed by atoms with van der Waals surface area (Å²) in [5.41, 5.74) is 0.499. The maximum atomic E-state index is 12.0. The minimum absolute atomic E-state index is 0.0754. The van der Waals surface area contributed by atoms with E-state index >= 15 is 0 Å². The lowest BCUT2D eigenvalue weighted by molar-refractivity contribution is 0.0702. The Labute approximate surface area is 123 Å². The summed E-state index contributed by atoms with van der Waals surface area (Å²) in [5, 5.41) is 10.1. The van der Waals surface area contributed by atoms with Gasteiger partial charge in [0.05, 0.1) is 4.90 Å². The molecular weight excluding hydrogens is 326 g/mol. The van der Waals surface area contributed by atoms with Gasteiger partial charge in [-0.2, -0.15) is 0 Å². The molecule has 0 bridgehead atoms. The van der Waals surface area contributed by atoms with E-state index in [-0.39, 0.29) is 20.9 Å². The van der Waals surface area contributed by atoms with Gasteiger partial charge >= 0.3 is 5.97 Å². The van der Waals surface area contributed by atoms with Crippen LogP contribution in [-0.4, -0.2) is 29.5 Å². The molecule has 0 fully saturated rings. The summed E-state index contributed by atoms with van der Waals surface area (Å²) in [6, 6.07) is 2.54. The molecule has 0 saturated heterocycles. The van der Waals surface area contributed by atoms with Crippen molar-refractivity contribution in [3.8, 4) is 0 Å². The highest BCUT2D eigenvalue weighted by Crippen LogP contribution is 2.21. The summed E-state index contributed by atoms with van der Waals surface area (Å²) < 4.78 is 26.2. The molecule has 0 radical (unpaired) electrons. The summed E-state index contributed by atoms with van der Waals surface area (Å²) in [6.07, 6.45) is 0. The van der Waals surface area contributed by atoms with Crippen molar-refractivity contribution in [1.29, 1.82) is 0 Å². The number of carboxylic acid groups (broad SMARTS) is 1. The van der Waals surface area contributed by atoms with Gasteiger partial charge in [-0.05, 0) is 19.1 Å². The first-order valence-electron chi connectivity index (χ1n) is 5.14. The number of aryl methyl sites for hydroxylation is 1. The normalized spacial score (nSPS) is 11.3. The fraction of sp³-hybridized carbons (Fsp3) is 0.100. The maximum Gasteiger partial charge on any atom is 0.345 e. The lowest BCUT2D eigenvalue weighted by Gasteiger charge is -2.05. The molecule has 2 aromatic heterocycles. The Morgan fingerprint density at radius 1 is 1.40 bits per heavy atom. The van der Waals surface area contributed by atoms with Gasteiger partial charge in [-0.1, -0.05) is 11.6 Å². The van der Waals surface area contributed by atoms with Gasteiger partial charge in [0, 0.05) is 11.1 Å². The van der Waals surface area contributed by atoms with Crippen molar-refractivity contribution in [3.05, 3.63) is 33.2 Å². The monoisotopic (exact) mass is 333 g/mol. The van der Waals surface area contributed by atoms with Crippen molar-refractivity contribution in [3.63, 3.8) is 0 Å². The van der Waals surface area contributed by atoms with Crippen molar-refractivity contribution >= 4 is 44.9 Å². The highest BCUT2D eigenvalue weighted by Gasteiger charge is 2.20. The van der Waals surface area contributed by atoms with Gasteiger partial charge in [0.15, 0.2) is 0 Å². The maximum absolute atomic E-state index is 12.0. The minimum Gasteiger partial charge on any atom is -0.477 e. The molecule has 2 heterocycles. The number of hydrogen-bond donors (Lipinski definition) is 2. The van der Waals surface area contributed by atoms with E-state index in [1.54, 1.807) is 6.92 Å². The lowest BCUT2D eigenvalue weighted by Crippen LogP contribution is -2.14. The zero-order valence-electron chi connectivity index (χ0n) is 9.99. The summed E-state index contributed by atoms with van der Waals surface area (Å²) in [5.74, 6) is -1.36. The SMILES string of the molecule is Cc1cc(Cl)nc(NS(=O)(=O)c2csc(C(=O)O)c2)n1. The first-order valence-corrected chi connectivity index (χ1v) is 7.88. The second-order valence-electron chi connectivity index (χ2n) is 3.71. The quantitative estimate of drug-likeness (QED) is 0.828. The van der Waals surface area contributed by atoms with Crippen molar-refractivity contribution in [1.82, 2.24) is 9.97 Å². The lowest BCUT2D eigenvalue weighted by atomic mass is 10.5. The highest BCUT2D eigenvalue weighted by atomic mass is 35.5. The van der Waals surface area contributed by atoms with E-state index in [9.17, 15) is 13.2 Å². The van der Waals surface area contributed by atoms with Gasteiger partial charge in [-0.3, -0.25) is 0 Å². The molecule has 0 aliphatic rings. The summed E-state index contributed by atoms with van der Waals surface area (Å²) in [4.78, 5) is 18.1. The van der Waals surface area contributed by atoms with Crippen LogP contribution in [0.15, 0.2) is 22.4 Å². The van der Waals surface area contributed by atoms with E-state index in [1.165, 1.54) is 11.4 Å². The Kier molecular flexibility index (Phi) is 3.93. The van der Waals surface area contributed by atoms with E-state index < -0.39 is 16.0 Å². The molecule has 7 nitrogen and oxygen atoms in total. The fourth-order valence-electron chi connectivity index (χ4n) is 1.33. The van der Waals surface area contributed by atoms with Crippen LogP contribution in [0.3, 0.4) is 0 Å². The standard InChI is InChI=1S/C10H8ClN3O4S2/c1-5-2-8(11)13-10(12-5)14-20(17,18)6-3-7(9(15)16)19-4-6/h2-4H,1H3,(H,15,16)(H,12,13,14). The van der Waals surface area contributed by atoms with Crippen LogP contribution in [0.1, 0.15) is 15.4 Å². The number of hydrogen-bond acceptors (Lipinski definition) is 6. The number of rotatable bonds is 4.